The summed E-state index contributed by atoms with van der Waals surface area (Å²) in [6.45, 7) is 26.0. The Kier molecular flexibility index (Phi) is 31.5. The highest BCUT2D eigenvalue weighted by molar-refractivity contribution is 5.98. The molecule has 0 aliphatic rings. The van der Waals surface area contributed by atoms with Crippen molar-refractivity contribution in [2.24, 2.45) is 0 Å². The predicted octanol–water partition coefficient (Wildman–Crippen LogP) is 33.0. The van der Waals surface area contributed by atoms with Crippen molar-refractivity contribution >= 4 is 43.1 Å². The minimum Gasteiger partial charge on any atom is -0.253 e. The van der Waals surface area contributed by atoms with Gasteiger partial charge in [0.2, 0.25) is 5.82 Å². The van der Waals surface area contributed by atoms with Gasteiger partial charge in [0.1, 0.15) is 17.3 Å². The minimum atomic E-state index is 0.206. The van der Waals surface area contributed by atoms with Crippen LogP contribution >= 0.6 is 0 Å². The molecule has 0 amide bonds. The van der Waals surface area contributed by atoms with E-state index in [2.05, 4.69) is 425 Å². The number of benzene rings is 14. The van der Waals surface area contributed by atoms with Gasteiger partial charge in [-0.3, -0.25) is 4.98 Å². The van der Waals surface area contributed by atoms with Crippen LogP contribution in [0, 0.1) is 0 Å². The van der Waals surface area contributed by atoms with Crippen LogP contribution in [0.4, 0.5) is 0 Å². The van der Waals surface area contributed by atoms with Crippen LogP contribution in [0.5, 0.6) is 0 Å². The molecule has 696 valence electrons. The van der Waals surface area contributed by atoms with E-state index in [9.17, 15) is 0 Å². The molecule has 0 N–H and O–H groups in total. The van der Waals surface area contributed by atoms with Gasteiger partial charge in [-0.1, -0.05) is 429 Å². The van der Waals surface area contributed by atoms with Gasteiger partial charge in [-0.15, -0.1) is 0 Å². The number of fused-ring (bicyclic) bond motifs is 4. The van der Waals surface area contributed by atoms with Gasteiger partial charge in [-0.2, -0.15) is 0 Å². The maximum atomic E-state index is 5.07. The molecule has 22 rings (SSSR count). The Hall–Kier alpha value is -17.1. The lowest BCUT2D eigenvalue weighted by Crippen LogP contribution is -2.05. The summed E-state index contributed by atoms with van der Waals surface area (Å²) in [5.41, 5.74) is 24.1. The number of aromatic nitrogens is 14. The third kappa shape index (κ3) is 24.5. The van der Waals surface area contributed by atoms with E-state index in [0.717, 1.165) is 119 Å². The monoisotopic (exact) mass is 1850 g/mol. The summed E-state index contributed by atoms with van der Waals surface area (Å²) in [7, 11) is 0. The Bertz CT molecular complexity index is 7190. The van der Waals surface area contributed by atoms with Crippen molar-refractivity contribution in [1.82, 2.24) is 69.8 Å². The van der Waals surface area contributed by atoms with Crippen molar-refractivity contribution in [2.75, 3.05) is 0 Å². The zero-order chi connectivity index (χ0) is 98.2. The average Bonchev–Trinajstić information content (AvgIpc) is 0.780. The molecule has 0 atom stereocenters. The molecule has 22 aromatic rings. The fourth-order valence-corrected chi connectivity index (χ4v) is 16.4. The minimum absolute atomic E-state index is 0.206. The second-order valence-corrected chi connectivity index (χ2v) is 36.8. The van der Waals surface area contributed by atoms with Gasteiger partial charge in [-0.25, -0.2) is 64.8 Å². The first kappa shape index (κ1) is 96.6. The van der Waals surface area contributed by atoms with Crippen LogP contribution in [0.2, 0.25) is 0 Å². The molecule has 0 spiro atoms. The molecule has 8 aromatic heterocycles. The SMILES string of the molecule is CC(C)c1cc(-c2ccc3ccccc3c2)nc(-c2ccc3ccccc3c2)c1.CC(C)c1cc(-c2cccc3ccccc23)nc(-c2ccccc2)n1.CC(C)c1cc(-c2ccccc2)nc(-c2cccc3ccccc23)c1.CC(C)c1cc(-c2ccccc2)nc(-c2ccccc2)c1.CC(C)c1nc(-c2ccccc2)nc(-c2ccccn2)n1.CC(C)c1nc(-c2ccccc2)nc(-c2ncccn2)n1. The predicted molar refractivity (Wildman–Crippen MR) is 588 cm³/mol. The molecule has 14 nitrogen and oxygen atoms in total. The standard InChI is InChI=1S/C28H23N.C24H21N.C23H20N2.C20H19N.C17H16N4.C16H15N5/c1-19(2)26-17-27(24-13-11-20-7-3-5-9-22(20)15-24)29-28(18-26)25-14-12-21-8-4-6-10-23(21)16-25;1-17(2)20-15-23(19-10-4-3-5-11-19)25-24(16-20)22-14-8-12-18-9-6-7-13-21(18)22;1-16(2)21-15-22(25-23(24-21)18-10-4-3-5-11-18)20-14-8-12-17-9-6-7-13-19(17)20;1-15(2)18-13-19(16-9-5-3-6-10-16)21-20(14-18)17-11-7-4-8-12-17;1-12(2)15-19-16(13-8-4-3-5-9-13)21-17(20-15)14-10-6-7-11-18-14;1-11(2)13-19-14(12-7-4-3-5-8-12)21-16(20-13)15-17-9-6-10-18-15/h3-19H,1-2H3;3-17H,1-2H3;3-16H,1-2H3;3-15H,1-2H3;3-12H,1-2H3;3-11H,1-2H3. The zero-order valence-electron chi connectivity index (χ0n) is 82.3. The average molecular weight is 1850 g/mol. The molecule has 0 saturated heterocycles. The van der Waals surface area contributed by atoms with E-state index in [1.165, 1.54) is 65.3 Å². The molecule has 0 aliphatic carbocycles. The van der Waals surface area contributed by atoms with Crippen LogP contribution in [-0.4, -0.2) is 69.8 Å². The molecule has 14 heteroatoms. The Labute approximate surface area is 833 Å². The molecule has 8 heterocycles. The van der Waals surface area contributed by atoms with Crippen molar-refractivity contribution in [3.05, 3.63) is 471 Å². The van der Waals surface area contributed by atoms with E-state index in [-0.39, 0.29) is 11.8 Å². The molecule has 0 bridgehead atoms. The quantitative estimate of drug-likeness (QED) is 0.0791. The van der Waals surface area contributed by atoms with E-state index in [0.29, 0.717) is 52.8 Å². The van der Waals surface area contributed by atoms with E-state index < -0.39 is 0 Å². The van der Waals surface area contributed by atoms with Gasteiger partial charge in [0, 0.05) is 91.8 Å². The lowest BCUT2D eigenvalue weighted by Gasteiger charge is -2.13. The van der Waals surface area contributed by atoms with Crippen molar-refractivity contribution in [3.8, 4) is 136 Å². The van der Waals surface area contributed by atoms with Crippen LogP contribution in [0.3, 0.4) is 0 Å². The van der Waals surface area contributed by atoms with Crippen LogP contribution in [0.1, 0.15) is 153 Å². The first-order chi connectivity index (χ1) is 69.3. The summed E-state index contributed by atoms with van der Waals surface area (Å²) < 4.78 is 0. The molecule has 0 aliphatic heterocycles. The Balaban J connectivity index is 0.000000118. The van der Waals surface area contributed by atoms with Crippen LogP contribution < -0.4 is 0 Å². The third-order valence-corrected chi connectivity index (χ3v) is 24.4. The van der Waals surface area contributed by atoms with Gasteiger partial charge in [0.15, 0.2) is 29.1 Å². The fraction of sp³-hybridized carbons (Fsp3) is 0.141. The Morgan fingerprint density at radius 3 is 0.852 bits per heavy atom. The number of pyridine rings is 4. The first-order valence-corrected chi connectivity index (χ1v) is 48.8. The van der Waals surface area contributed by atoms with Crippen molar-refractivity contribution in [2.45, 2.75) is 119 Å². The van der Waals surface area contributed by atoms with E-state index in [1.807, 2.05) is 115 Å². The lowest BCUT2D eigenvalue weighted by molar-refractivity contribution is 0.763. The van der Waals surface area contributed by atoms with Crippen molar-refractivity contribution in [3.63, 3.8) is 0 Å². The van der Waals surface area contributed by atoms with E-state index in [1.54, 1.807) is 24.7 Å². The first-order valence-electron chi connectivity index (χ1n) is 48.8. The van der Waals surface area contributed by atoms with Gasteiger partial charge < -0.3 is 0 Å². The summed E-state index contributed by atoms with van der Waals surface area (Å²) in [4.78, 5) is 64.6. The number of hydrogen-bond donors (Lipinski definition) is 0. The third-order valence-electron chi connectivity index (χ3n) is 24.4. The molecule has 14 aromatic carbocycles. The Morgan fingerprint density at radius 2 is 0.465 bits per heavy atom. The van der Waals surface area contributed by atoms with E-state index in [4.69, 9.17) is 24.9 Å². The molecule has 0 radical (unpaired) electrons. The maximum Gasteiger partial charge on any atom is 0.201 e. The number of hydrogen-bond acceptors (Lipinski definition) is 14. The molecular weight excluding hydrogens is 1730 g/mol. The summed E-state index contributed by atoms with van der Waals surface area (Å²) in [5.74, 6) is 7.46. The highest BCUT2D eigenvalue weighted by Gasteiger charge is 2.21. The molecular formula is C128H114N14. The number of rotatable bonds is 18. The lowest BCUT2D eigenvalue weighted by atomic mass is 9.96. The normalized spacial score (nSPS) is 11.1. The van der Waals surface area contributed by atoms with Crippen LogP contribution in [0.25, 0.3) is 179 Å². The van der Waals surface area contributed by atoms with Crippen molar-refractivity contribution in [1.29, 1.82) is 0 Å². The van der Waals surface area contributed by atoms with Gasteiger partial charge in [0.25, 0.3) is 0 Å². The zero-order valence-corrected chi connectivity index (χ0v) is 82.3. The summed E-state index contributed by atoms with van der Waals surface area (Å²) in [6.07, 6.45) is 5.11. The van der Waals surface area contributed by atoms with E-state index >= 15 is 0 Å². The van der Waals surface area contributed by atoms with Crippen LogP contribution in [0.15, 0.2) is 437 Å². The molecule has 0 saturated carbocycles. The number of nitrogens with zero attached hydrogens (tertiary/aromatic N) is 14. The van der Waals surface area contributed by atoms with Gasteiger partial charge in [0.05, 0.1) is 39.9 Å². The highest BCUT2D eigenvalue weighted by atomic mass is 15.1. The van der Waals surface area contributed by atoms with Crippen molar-refractivity contribution < 1.29 is 0 Å². The molecule has 142 heavy (non-hydrogen) atoms. The van der Waals surface area contributed by atoms with Gasteiger partial charge >= 0.3 is 0 Å². The topological polar surface area (TPSA) is 180 Å². The van der Waals surface area contributed by atoms with Gasteiger partial charge in [-0.05, 0) is 156 Å². The smallest absolute Gasteiger partial charge is 0.201 e. The Morgan fingerprint density at radius 1 is 0.155 bits per heavy atom. The van der Waals surface area contributed by atoms with Crippen LogP contribution in [-0.2, 0) is 0 Å². The highest BCUT2D eigenvalue weighted by Crippen LogP contribution is 2.38. The maximum absolute atomic E-state index is 5.07. The summed E-state index contributed by atoms with van der Waals surface area (Å²) in [6, 6.07) is 144. The summed E-state index contributed by atoms with van der Waals surface area (Å²) in [5, 5.41) is 9.94. The molecule has 0 unspecified atom stereocenters. The second kappa shape index (κ2) is 46.4. The fourth-order valence-electron chi connectivity index (χ4n) is 16.4. The summed E-state index contributed by atoms with van der Waals surface area (Å²) >= 11 is 0. The second-order valence-electron chi connectivity index (χ2n) is 36.8. The largest absolute Gasteiger partial charge is 0.253 e. The molecule has 0 fully saturated rings.